The van der Waals surface area contributed by atoms with Crippen LogP contribution in [0.5, 0.6) is 0 Å². The summed E-state index contributed by atoms with van der Waals surface area (Å²) in [6, 6.07) is 14.6. The highest BCUT2D eigenvalue weighted by Gasteiger charge is 2.28. The summed E-state index contributed by atoms with van der Waals surface area (Å²) in [6.07, 6.45) is 3.47. The minimum atomic E-state index is -0.278. The predicted molar refractivity (Wildman–Crippen MR) is 137 cm³/mol. The summed E-state index contributed by atoms with van der Waals surface area (Å²) < 4.78 is 5.03. The molecule has 0 aliphatic carbocycles. The van der Waals surface area contributed by atoms with Crippen LogP contribution in [0.4, 0.5) is 26.1 Å². The Morgan fingerprint density at radius 3 is 2.51 bits per heavy atom. The van der Waals surface area contributed by atoms with Crippen LogP contribution in [-0.2, 0) is 24.1 Å². The molecule has 3 aliphatic rings. The fourth-order valence-electron chi connectivity index (χ4n) is 4.91. The molecule has 1 aromatic heterocycles. The number of hydrogen-bond donors (Lipinski definition) is 0. The van der Waals surface area contributed by atoms with Crippen molar-refractivity contribution in [2.75, 3.05) is 54.5 Å². The van der Waals surface area contributed by atoms with Gasteiger partial charge in [0.15, 0.2) is 5.13 Å². The largest absolute Gasteiger partial charge is 0.447 e. The van der Waals surface area contributed by atoms with Gasteiger partial charge in [0.1, 0.15) is 6.61 Å². The third-order valence-corrected chi connectivity index (χ3v) is 7.99. The molecule has 2 fully saturated rings. The van der Waals surface area contributed by atoms with E-state index in [2.05, 4.69) is 35.2 Å². The minimum absolute atomic E-state index is 0.0653. The average Bonchev–Trinajstić information content (AvgIpc) is 3.60. The quantitative estimate of drug-likeness (QED) is 0.539. The van der Waals surface area contributed by atoms with E-state index in [-0.39, 0.29) is 12.1 Å². The lowest BCUT2D eigenvalue weighted by Gasteiger charge is -2.29. The molecule has 0 saturated carbocycles. The number of benzene rings is 2. The van der Waals surface area contributed by atoms with Gasteiger partial charge in [0, 0.05) is 62.1 Å². The van der Waals surface area contributed by atoms with Gasteiger partial charge in [0.25, 0.3) is 0 Å². The van der Waals surface area contributed by atoms with E-state index in [9.17, 15) is 9.59 Å². The van der Waals surface area contributed by atoms with E-state index < -0.39 is 0 Å². The highest BCUT2D eigenvalue weighted by molar-refractivity contribution is 7.15. The monoisotopic (exact) mass is 489 g/mol. The van der Waals surface area contributed by atoms with Gasteiger partial charge in [-0.1, -0.05) is 18.2 Å². The van der Waals surface area contributed by atoms with Crippen LogP contribution in [-0.4, -0.2) is 61.8 Å². The van der Waals surface area contributed by atoms with E-state index in [0.717, 1.165) is 55.5 Å². The molecule has 3 amide bonds. The normalized spacial score (nSPS) is 17.9. The SMILES string of the molecule is CN1CCN(c2ccc3c(c2)CN(c2ncc(Cc4ccc(N5CCOC5=O)cc4)s2)CC3)C1=O. The molecule has 0 radical (unpaired) electrons. The maximum absolute atomic E-state index is 12.4. The van der Waals surface area contributed by atoms with E-state index in [1.807, 2.05) is 30.3 Å². The van der Waals surface area contributed by atoms with Crippen LogP contribution in [0.3, 0.4) is 0 Å². The van der Waals surface area contributed by atoms with Crippen molar-refractivity contribution in [2.45, 2.75) is 19.4 Å². The summed E-state index contributed by atoms with van der Waals surface area (Å²) in [5.74, 6) is 0. The van der Waals surface area contributed by atoms with Crippen LogP contribution >= 0.6 is 11.3 Å². The van der Waals surface area contributed by atoms with Crippen molar-refractivity contribution in [3.8, 4) is 0 Å². The zero-order valence-corrected chi connectivity index (χ0v) is 20.5. The topological polar surface area (TPSA) is 69.2 Å². The van der Waals surface area contributed by atoms with Gasteiger partial charge >= 0.3 is 12.1 Å². The summed E-state index contributed by atoms with van der Waals surface area (Å²) in [4.78, 5) is 37.7. The number of carbonyl (C=O) groups excluding carboxylic acids is 2. The highest BCUT2D eigenvalue weighted by Crippen LogP contribution is 2.32. The van der Waals surface area contributed by atoms with Gasteiger partial charge < -0.3 is 14.5 Å². The zero-order chi connectivity index (χ0) is 23.9. The lowest BCUT2D eigenvalue weighted by Crippen LogP contribution is -2.32. The van der Waals surface area contributed by atoms with Gasteiger partial charge in [-0.15, -0.1) is 11.3 Å². The molecule has 8 nitrogen and oxygen atoms in total. The second kappa shape index (κ2) is 8.88. The number of aromatic nitrogens is 1. The van der Waals surface area contributed by atoms with Gasteiger partial charge in [0.2, 0.25) is 0 Å². The molecule has 2 aromatic carbocycles. The molecule has 35 heavy (non-hydrogen) atoms. The number of likely N-dealkylation sites (N-methyl/N-ethyl adjacent to an activating group) is 1. The number of rotatable bonds is 5. The Morgan fingerprint density at radius 1 is 0.943 bits per heavy atom. The molecule has 2 saturated heterocycles. The molecule has 4 heterocycles. The number of hydrogen-bond acceptors (Lipinski definition) is 6. The Balaban J connectivity index is 1.13. The van der Waals surface area contributed by atoms with Gasteiger partial charge in [-0.3, -0.25) is 9.80 Å². The summed E-state index contributed by atoms with van der Waals surface area (Å²) in [5.41, 5.74) is 5.65. The summed E-state index contributed by atoms with van der Waals surface area (Å²) in [5, 5.41) is 1.03. The van der Waals surface area contributed by atoms with Gasteiger partial charge in [0.05, 0.1) is 6.54 Å². The van der Waals surface area contributed by atoms with Gasteiger partial charge in [-0.05, 0) is 47.4 Å². The molecule has 0 N–H and O–H groups in total. The fraction of sp³-hybridized carbons (Fsp3) is 0.346. The Morgan fingerprint density at radius 2 is 1.77 bits per heavy atom. The Kier molecular flexibility index (Phi) is 5.56. The number of cyclic esters (lactones) is 1. The summed E-state index contributed by atoms with van der Waals surface area (Å²) in [7, 11) is 1.85. The molecule has 3 aliphatic heterocycles. The number of amides is 3. The van der Waals surface area contributed by atoms with Crippen LogP contribution < -0.4 is 14.7 Å². The first-order chi connectivity index (χ1) is 17.0. The Labute approximate surface area is 208 Å². The van der Waals surface area contributed by atoms with Crippen molar-refractivity contribution in [1.29, 1.82) is 0 Å². The number of anilines is 3. The third-order valence-electron chi connectivity index (χ3n) is 6.93. The second-order valence-electron chi connectivity index (χ2n) is 9.20. The van der Waals surface area contributed by atoms with Crippen LogP contribution in [0.25, 0.3) is 0 Å². The molecule has 0 bridgehead atoms. The van der Waals surface area contributed by atoms with E-state index in [0.29, 0.717) is 13.2 Å². The number of urea groups is 1. The van der Waals surface area contributed by atoms with E-state index >= 15 is 0 Å². The lowest BCUT2D eigenvalue weighted by atomic mass is 9.99. The maximum atomic E-state index is 12.4. The number of carbonyl (C=O) groups is 2. The molecule has 0 spiro atoms. The number of nitrogens with zero attached hydrogens (tertiary/aromatic N) is 5. The van der Waals surface area contributed by atoms with Gasteiger partial charge in [-0.25, -0.2) is 14.6 Å². The molecule has 6 rings (SSSR count). The van der Waals surface area contributed by atoms with Crippen LogP contribution in [0, 0.1) is 0 Å². The molecule has 180 valence electrons. The van der Waals surface area contributed by atoms with Gasteiger partial charge in [-0.2, -0.15) is 0 Å². The van der Waals surface area contributed by atoms with Crippen molar-refractivity contribution in [2.24, 2.45) is 0 Å². The fourth-order valence-corrected chi connectivity index (χ4v) is 5.88. The summed E-state index contributed by atoms with van der Waals surface area (Å²) in [6.45, 7) is 4.27. The highest BCUT2D eigenvalue weighted by atomic mass is 32.1. The summed E-state index contributed by atoms with van der Waals surface area (Å²) >= 11 is 1.73. The van der Waals surface area contributed by atoms with Crippen molar-refractivity contribution in [3.05, 3.63) is 70.2 Å². The lowest BCUT2D eigenvalue weighted by molar-refractivity contribution is 0.181. The molecular formula is C26H27N5O3S. The number of thiazole rings is 1. The molecular weight excluding hydrogens is 462 g/mol. The van der Waals surface area contributed by atoms with E-state index in [4.69, 9.17) is 9.72 Å². The van der Waals surface area contributed by atoms with Crippen LogP contribution in [0.15, 0.2) is 48.7 Å². The first-order valence-electron chi connectivity index (χ1n) is 11.9. The van der Waals surface area contributed by atoms with Crippen LogP contribution in [0.2, 0.25) is 0 Å². The van der Waals surface area contributed by atoms with E-state index in [1.54, 1.807) is 21.1 Å². The molecule has 0 atom stereocenters. The number of fused-ring (bicyclic) bond motifs is 1. The van der Waals surface area contributed by atoms with Crippen molar-refractivity contribution < 1.29 is 14.3 Å². The minimum Gasteiger partial charge on any atom is -0.447 e. The van der Waals surface area contributed by atoms with Crippen LogP contribution in [0.1, 0.15) is 21.6 Å². The third kappa shape index (κ3) is 4.20. The average molecular weight is 490 g/mol. The predicted octanol–water partition coefficient (Wildman–Crippen LogP) is 4.13. The zero-order valence-electron chi connectivity index (χ0n) is 19.6. The maximum Gasteiger partial charge on any atom is 0.414 e. The molecule has 9 heteroatoms. The molecule has 0 unspecified atom stereocenters. The number of ether oxygens (including phenoxy) is 1. The Hall–Kier alpha value is -3.59. The van der Waals surface area contributed by atoms with E-state index in [1.165, 1.54) is 21.6 Å². The second-order valence-corrected chi connectivity index (χ2v) is 10.3. The van der Waals surface area contributed by atoms with Crippen molar-refractivity contribution in [1.82, 2.24) is 9.88 Å². The van der Waals surface area contributed by atoms with Crippen molar-refractivity contribution in [3.63, 3.8) is 0 Å². The smallest absolute Gasteiger partial charge is 0.414 e. The first kappa shape index (κ1) is 21.9. The van der Waals surface area contributed by atoms with Crippen molar-refractivity contribution >= 4 is 40.0 Å². The molecule has 3 aromatic rings. The first-order valence-corrected chi connectivity index (χ1v) is 12.7. The standard InChI is InChI=1S/C26H27N5O3S/c1-28-10-11-30(25(28)32)22-7-4-19-8-9-29(17-20(19)15-22)24-27-16-23(35-24)14-18-2-5-21(6-3-18)31-12-13-34-26(31)33/h2-7,15-16H,8-14,17H2,1H3. The Bertz CT molecular complexity index is 1270.